The van der Waals surface area contributed by atoms with Crippen LogP contribution in [0.4, 0.5) is 25.8 Å². The van der Waals surface area contributed by atoms with Gasteiger partial charge in [0.15, 0.2) is 0 Å². The number of ether oxygens (including phenoxy) is 1. The van der Waals surface area contributed by atoms with Gasteiger partial charge in [0.2, 0.25) is 5.92 Å². The van der Waals surface area contributed by atoms with Gasteiger partial charge in [-0.3, -0.25) is 14.4 Å². The topological polar surface area (TPSA) is 92.7 Å². The van der Waals surface area contributed by atoms with Crippen molar-refractivity contribution in [1.29, 1.82) is 0 Å². The van der Waals surface area contributed by atoms with Gasteiger partial charge in [0.25, 0.3) is 11.5 Å². The molecule has 1 aromatic carbocycles. The molecule has 1 aromatic heterocycles. The summed E-state index contributed by atoms with van der Waals surface area (Å²) in [5.41, 5.74) is 2.15. The lowest BCUT2D eigenvalue weighted by Gasteiger charge is -2.35. The summed E-state index contributed by atoms with van der Waals surface area (Å²) in [6.45, 7) is 3.76. The number of anilines is 3. The zero-order valence-corrected chi connectivity index (χ0v) is 23.5. The van der Waals surface area contributed by atoms with Crippen molar-refractivity contribution in [2.24, 2.45) is 5.41 Å². The Morgan fingerprint density at radius 3 is 2.48 bits per heavy atom. The number of hydrogen-bond donors (Lipinski definition) is 2. The highest BCUT2D eigenvalue weighted by Crippen LogP contribution is 2.54. The maximum atomic E-state index is 13.7. The van der Waals surface area contributed by atoms with Gasteiger partial charge in [0.05, 0.1) is 17.9 Å². The summed E-state index contributed by atoms with van der Waals surface area (Å²) in [5.74, 6) is -3.25. The van der Waals surface area contributed by atoms with Crippen LogP contribution in [-0.2, 0) is 9.53 Å². The van der Waals surface area contributed by atoms with Gasteiger partial charge in [-0.25, -0.2) is 8.78 Å². The molecule has 3 fully saturated rings. The minimum Gasteiger partial charge on any atom is -0.465 e. The first kappa shape index (κ1) is 28.4. The fourth-order valence-corrected chi connectivity index (χ4v) is 6.28. The smallest absolute Gasteiger partial charge is 0.317 e. The van der Waals surface area contributed by atoms with Crippen molar-refractivity contribution in [3.63, 3.8) is 0 Å². The Kier molecular flexibility index (Phi) is 8.39. The Morgan fingerprint density at radius 2 is 1.80 bits per heavy atom. The molecular formula is C29H36F2N4O4S. The molecule has 8 nitrogen and oxygen atoms in total. The number of aromatic nitrogens is 1. The van der Waals surface area contributed by atoms with Crippen LogP contribution in [0.15, 0.2) is 41.3 Å². The highest BCUT2D eigenvalue weighted by molar-refractivity contribution is 8.01. The van der Waals surface area contributed by atoms with Crippen molar-refractivity contribution < 1.29 is 23.1 Å². The molecule has 2 aromatic rings. The molecule has 2 aliphatic carbocycles. The first-order valence-corrected chi connectivity index (χ1v) is 15.0. The van der Waals surface area contributed by atoms with Crippen molar-refractivity contribution in [2.45, 2.75) is 70.3 Å². The van der Waals surface area contributed by atoms with Crippen LogP contribution < -0.4 is 20.5 Å². The molecule has 2 saturated carbocycles. The Bertz CT molecular complexity index is 1290. The lowest BCUT2D eigenvalue weighted by molar-refractivity contribution is -0.139. The van der Waals surface area contributed by atoms with Gasteiger partial charge in [-0.1, -0.05) is 0 Å². The number of hydrogen-bond acceptors (Lipinski definition) is 7. The van der Waals surface area contributed by atoms with Gasteiger partial charge in [0, 0.05) is 43.9 Å². The van der Waals surface area contributed by atoms with Crippen LogP contribution in [0.1, 0.15) is 74.7 Å². The molecule has 0 radical (unpaired) electrons. The van der Waals surface area contributed by atoms with E-state index in [1.165, 1.54) is 29.4 Å². The number of alkyl halides is 2. The Hall–Kier alpha value is -3.08. The van der Waals surface area contributed by atoms with Crippen molar-refractivity contribution in [3.8, 4) is 0 Å². The molecule has 216 valence electrons. The predicted molar refractivity (Wildman–Crippen MR) is 153 cm³/mol. The van der Waals surface area contributed by atoms with E-state index >= 15 is 0 Å². The average molecular weight is 575 g/mol. The standard InChI is InChI=1S/C29H36F2N4O4S/c1-2-39-25(36)19-40-33-20-5-6-22(24(18-20)34-16-13-28(11-12-28)14-17-34)26(37)32-23-4-3-15-35(27(23)38)21-7-9-29(30,31)10-8-21/h3-6,15,18,21,33H,2,7-14,16-17,19H2,1H3,(H,32,37). The molecular weight excluding hydrogens is 538 g/mol. The fraction of sp³-hybridized carbons (Fsp3) is 0.552. The second kappa shape index (κ2) is 11.8. The maximum absolute atomic E-state index is 13.7. The summed E-state index contributed by atoms with van der Waals surface area (Å²) >= 11 is 1.22. The third kappa shape index (κ3) is 6.62. The third-order valence-electron chi connectivity index (χ3n) is 8.35. The van der Waals surface area contributed by atoms with E-state index in [1.54, 1.807) is 37.4 Å². The van der Waals surface area contributed by atoms with Crippen LogP contribution in [-0.4, -0.2) is 47.8 Å². The van der Waals surface area contributed by atoms with Gasteiger partial charge >= 0.3 is 5.97 Å². The van der Waals surface area contributed by atoms with E-state index in [2.05, 4.69) is 14.9 Å². The molecule has 2 N–H and O–H groups in total. The van der Waals surface area contributed by atoms with Crippen molar-refractivity contribution >= 4 is 40.9 Å². The Morgan fingerprint density at radius 1 is 1.07 bits per heavy atom. The quantitative estimate of drug-likeness (QED) is 0.287. The molecule has 3 aliphatic rings. The Labute approximate surface area is 237 Å². The molecule has 1 aliphatic heterocycles. The van der Waals surface area contributed by atoms with Crippen molar-refractivity contribution in [2.75, 3.05) is 40.4 Å². The average Bonchev–Trinajstić information content (AvgIpc) is 3.69. The van der Waals surface area contributed by atoms with Gasteiger partial charge < -0.3 is 24.2 Å². The number of halogens is 2. The molecule has 1 amide bonds. The molecule has 0 bridgehead atoms. The molecule has 5 rings (SSSR count). The van der Waals surface area contributed by atoms with Crippen LogP contribution >= 0.6 is 11.9 Å². The van der Waals surface area contributed by atoms with E-state index < -0.39 is 17.4 Å². The van der Waals surface area contributed by atoms with E-state index in [9.17, 15) is 23.2 Å². The van der Waals surface area contributed by atoms with Crippen molar-refractivity contribution in [3.05, 3.63) is 52.4 Å². The minimum absolute atomic E-state index is 0.124. The molecule has 1 saturated heterocycles. The van der Waals surface area contributed by atoms with Crippen LogP contribution in [0, 0.1) is 5.41 Å². The number of carbonyl (C=O) groups is 2. The van der Waals surface area contributed by atoms with E-state index in [1.807, 2.05) is 6.07 Å². The monoisotopic (exact) mass is 574 g/mol. The summed E-state index contributed by atoms with van der Waals surface area (Å²) in [4.78, 5) is 40.7. The number of carbonyl (C=O) groups excluding carboxylic acids is 2. The largest absolute Gasteiger partial charge is 0.465 e. The number of piperidine rings is 1. The Balaban J connectivity index is 1.34. The zero-order valence-electron chi connectivity index (χ0n) is 22.7. The van der Waals surface area contributed by atoms with E-state index in [0.29, 0.717) is 17.6 Å². The van der Waals surface area contributed by atoms with Gasteiger partial charge in [-0.2, -0.15) is 0 Å². The van der Waals surface area contributed by atoms with Crippen LogP contribution in [0.5, 0.6) is 0 Å². The molecule has 2 heterocycles. The first-order valence-electron chi connectivity index (χ1n) is 14.0. The SMILES string of the molecule is CCOC(=O)CSNc1ccc(C(=O)Nc2cccn(C3CCC(F)(F)CC3)c2=O)c(N2CCC3(CC2)CC3)c1. The second-order valence-corrected chi connectivity index (χ2v) is 11.9. The van der Waals surface area contributed by atoms with E-state index in [-0.39, 0.29) is 49.1 Å². The summed E-state index contributed by atoms with van der Waals surface area (Å²) in [6.07, 6.45) is 6.21. The van der Waals surface area contributed by atoms with Gasteiger partial charge in [-0.05, 0) is 93.1 Å². The van der Waals surface area contributed by atoms with E-state index in [4.69, 9.17) is 4.74 Å². The molecule has 0 atom stereocenters. The number of rotatable bonds is 9. The third-order valence-corrected chi connectivity index (χ3v) is 9.11. The van der Waals surface area contributed by atoms with Crippen molar-refractivity contribution in [1.82, 2.24) is 4.57 Å². The number of esters is 1. The predicted octanol–water partition coefficient (Wildman–Crippen LogP) is 5.85. The molecule has 1 spiro atoms. The van der Waals surface area contributed by atoms with Crippen LogP contribution in [0.25, 0.3) is 0 Å². The lowest BCUT2D eigenvalue weighted by atomic mass is 9.92. The normalized spacial score (nSPS) is 19.7. The molecule has 11 heteroatoms. The zero-order chi connectivity index (χ0) is 28.3. The maximum Gasteiger partial charge on any atom is 0.317 e. The van der Waals surface area contributed by atoms with Crippen LogP contribution in [0.2, 0.25) is 0 Å². The lowest BCUT2D eigenvalue weighted by Crippen LogP contribution is -2.36. The number of amides is 1. The summed E-state index contributed by atoms with van der Waals surface area (Å²) in [6, 6.07) is 8.30. The van der Waals surface area contributed by atoms with Gasteiger partial charge in [-0.15, -0.1) is 0 Å². The van der Waals surface area contributed by atoms with Crippen LogP contribution in [0.3, 0.4) is 0 Å². The van der Waals surface area contributed by atoms with Gasteiger partial charge in [0.1, 0.15) is 11.4 Å². The number of pyridine rings is 1. The second-order valence-electron chi connectivity index (χ2n) is 11.1. The summed E-state index contributed by atoms with van der Waals surface area (Å²) in [5, 5.41) is 2.79. The van der Waals surface area contributed by atoms with E-state index in [0.717, 1.165) is 37.3 Å². The molecule has 0 unspecified atom stereocenters. The summed E-state index contributed by atoms with van der Waals surface area (Å²) in [7, 11) is 0. The number of benzene rings is 1. The summed E-state index contributed by atoms with van der Waals surface area (Å²) < 4.78 is 36.9. The highest BCUT2D eigenvalue weighted by Gasteiger charge is 2.44. The molecule has 40 heavy (non-hydrogen) atoms. The highest BCUT2D eigenvalue weighted by atomic mass is 32.2. The fourth-order valence-electron chi connectivity index (χ4n) is 5.71. The number of nitrogens with zero attached hydrogens (tertiary/aromatic N) is 2. The minimum atomic E-state index is -2.69. The first-order chi connectivity index (χ1) is 19.2. The number of nitrogens with one attached hydrogen (secondary N) is 2.